The molecule has 0 aromatic heterocycles. The second-order valence-electron chi connectivity index (χ2n) is 6.03. The van der Waals surface area contributed by atoms with Gasteiger partial charge in [-0.15, -0.1) is 0 Å². The van der Waals surface area contributed by atoms with Crippen molar-refractivity contribution in [2.75, 3.05) is 41.3 Å². The molecule has 1 aliphatic rings. The fraction of sp³-hybridized carbons (Fsp3) is 0.857. The first-order valence-electron chi connectivity index (χ1n) is 7.14. The molecule has 0 aliphatic heterocycles. The lowest BCUT2D eigenvalue weighted by Gasteiger charge is -2.49. The maximum Gasteiger partial charge on any atom is 0.319 e. The van der Waals surface area contributed by atoms with Crippen LogP contribution in [0.5, 0.6) is 0 Å². The molecule has 1 aliphatic carbocycles. The highest BCUT2D eigenvalue weighted by atomic mass is 16.4. The summed E-state index contributed by atoms with van der Waals surface area (Å²) in [7, 11) is 7.67. The Hall–Kier alpha value is -1.30. The van der Waals surface area contributed by atoms with E-state index in [-0.39, 0.29) is 18.0 Å². The Labute approximate surface area is 121 Å². The second kappa shape index (κ2) is 6.92. The Morgan fingerprint density at radius 1 is 1.10 bits per heavy atom. The topological polar surface area (TPSA) is 64.1 Å². The number of hydrogen-bond acceptors (Lipinski definition) is 3. The van der Waals surface area contributed by atoms with Gasteiger partial charge in [-0.3, -0.25) is 4.79 Å². The third kappa shape index (κ3) is 4.10. The molecule has 0 spiro atoms. The number of aliphatic carboxylic acids is 1. The number of carboxylic acid groups (broad SMARTS) is 1. The minimum absolute atomic E-state index is 0.0384. The van der Waals surface area contributed by atoms with Crippen molar-refractivity contribution in [2.45, 2.75) is 37.6 Å². The lowest BCUT2D eigenvalue weighted by Crippen LogP contribution is -2.58. The predicted molar refractivity (Wildman–Crippen MR) is 77.8 cm³/mol. The number of nitrogens with zero attached hydrogens (tertiary/aromatic N) is 3. The molecule has 6 heteroatoms. The SMILES string of the molecule is CN(CCCC(=O)O)C(=O)N(C)CC1(N(C)C)CCC1. The van der Waals surface area contributed by atoms with Gasteiger partial charge in [-0.05, 0) is 39.8 Å². The molecule has 116 valence electrons. The molecule has 6 nitrogen and oxygen atoms in total. The van der Waals surface area contributed by atoms with E-state index >= 15 is 0 Å². The summed E-state index contributed by atoms with van der Waals surface area (Å²) in [5, 5.41) is 8.61. The molecule has 1 saturated carbocycles. The summed E-state index contributed by atoms with van der Waals surface area (Å²) < 4.78 is 0. The highest BCUT2D eigenvalue weighted by molar-refractivity contribution is 5.74. The molecule has 0 atom stereocenters. The van der Waals surface area contributed by atoms with E-state index in [2.05, 4.69) is 19.0 Å². The van der Waals surface area contributed by atoms with Crippen LogP contribution in [0.2, 0.25) is 0 Å². The van der Waals surface area contributed by atoms with Crippen molar-refractivity contribution in [1.29, 1.82) is 0 Å². The van der Waals surface area contributed by atoms with Crippen molar-refractivity contribution < 1.29 is 14.7 Å². The van der Waals surface area contributed by atoms with Crippen LogP contribution in [0.3, 0.4) is 0 Å². The average molecular weight is 285 g/mol. The Balaban J connectivity index is 2.43. The van der Waals surface area contributed by atoms with E-state index in [0.717, 1.165) is 19.4 Å². The molecule has 1 N–H and O–H groups in total. The molecule has 0 aromatic rings. The maximum absolute atomic E-state index is 12.2. The summed E-state index contributed by atoms with van der Waals surface area (Å²) in [6, 6.07) is -0.0384. The van der Waals surface area contributed by atoms with Crippen LogP contribution in [-0.4, -0.2) is 78.6 Å². The van der Waals surface area contributed by atoms with Crippen molar-refractivity contribution in [1.82, 2.24) is 14.7 Å². The van der Waals surface area contributed by atoms with Gasteiger partial charge >= 0.3 is 12.0 Å². The average Bonchev–Trinajstić information content (AvgIpc) is 2.31. The van der Waals surface area contributed by atoms with Gasteiger partial charge in [-0.1, -0.05) is 0 Å². The molecule has 1 fully saturated rings. The van der Waals surface area contributed by atoms with Gasteiger partial charge in [-0.25, -0.2) is 4.79 Å². The minimum Gasteiger partial charge on any atom is -0.481 e. The van der Waals surface area contributed by atoms with Crippen molar-refractivity contribution in [3.05, 3.63) is 0 Å². The molecule has 0 heterocycles. The Morgan fingerprint density at radius 3 is 2.10 bits per heavy atom. The van der Waals surface area contributed by atoms with Gasteiger partial charge in [0.05, 0.1) is 0 Å². The Morgan fingerprint density at radius 2 is 1.70 bits per heavy atom. The summed E-state index contributed by atoms with van der Waals surface area (Å²) in [5.74, 6) is -0.819. The first kappa shape index (κ1) is 16.8. The first-order chi connectivity index (χ1) is 9.28. The van der Waals surface area contributed by atoms with Crippen molar-refractivity contribution in [2.24, 2.45) is 0 Å². The maximum atomic E-state index is 12.2. The van der Waals surface area contributed by atoms with Crippen LogP contribution < -0.4 is 0 Å². The van der Waals surface area contributed by atoms with Gasteiger partial charge in [0.1, 0.15) is 0 Å². The molecule has 1 rings (SSSR count). The third-order valence-corrected chi connectivity index (χ3v) is 4.30. The highest BCUT2D eigenvalue weighted by Crippen LogP contribution is 2.36. The standard InChI is InChI=1S/C14H27N3O3/c1-15(2)14(8-6-9-14)11-17(4)13(20)16(3)10-5-7-12(18)19/h5-11H2,1-4H3,(H,18,19). The predicted octanol–water partition coefficient (Wildman–Crippen LogP) is 1.32. The van der Waals surface area contributed by atoms with Crippen molar-refractivity contribution in [3.63, 3.8) is 0 Å². The number of carbonyl (C=O) groups excluding carboxylic acids is 1. The van der Waals surface area contributed by atoms with E-state index in [0.29, 0.717) is 13.0 Å². The zero-order chi connectivity index (χ0) is 15.3. The smallest absolute Gasteiger partial charge is 0.319 e. The molecule has 0 saturated heterocycles. The third-order valence-electron chi connectivity index (χ3n) is 4.30. The number of rotatable bonds is 7. The van der Waals surface area contributed by atoms with Gasteiger partial charge in [0.2, 0.25) is 0 Å². The first-order valence-corrected chi connectivity index (χ1v) is 7.14. The van der Waals surface area contributed by atoms with Crippen LogP contribution in [0, 0.1) is 0 Å². The summed E-state index contributed by atoms with van der Waals surface area (Å²) >= 11 is 0. The molecule has 0 unspecified atom stereocenters. The molecule has 20 heavy (non-hydrogen) atoms. The highest BCUT2D eigenvalue weighted by Gasteiger charge is 2.40. The number of hydrogen-bond donors (Lipinski definition) is 1. The molecule has 2 amide bonds. The number of carboxylic acids is 1. The van der Waals surface area contributed by atoms with E-state index in [1.807, 2.05) is 7.05 Å². The lowest BCUT2D eigenvalue weighted by atomic mass is 9.75. The summed E-state index contributed by atoms with van der Waals surface area (Å²) in [4.78, 5) is 28.3. The van der Waals surface area contributed by atoms with Crippen molar-refractivity contribution in [3.8, 4) is 0 Å². The largest absolute Gasteiger partial charge is 0.481 e. The zero-order valence-corrected chi connectivity index (χ0v) is 13.1. The van der Waals surface area contributed by atoms with Gasteiger partial charge in [0, 0.05) is 39.1 Å². The normalized spacial score (nSPS) is 16.6. The summed E-state index contributed by atoms with van der Waals surface area (Å²) in [5.41, 5.74) is 0.117. The van der Waals surface area contributed by atoms with Crippen molar-refractivity contribution >= 4 is 12.0 Å². The van der Waals surface area contributed by atoms with Gasteiger partial charge in [0.15, 0.2) is 0 Å². The lowest BCUT2D eigenvalue weighted by molar-refractivity contribution is -0.137. The number of carbonyl (C=O) groups is 2. The number of amides is 2. The number of urea groups is 1. The van der Waals surface area contributed by atoms with E-state index in [9.17, 15) is 9.59 Å². The van der Waals surface area contributed by atoms with Crippen LogP contribution in [0.25, 0.3) is 0 Å². The molecule has 0 aromatic carbocycles. The summed E-state index contributed by atoms with van der Waals surface area (Å²) in [6.07, 6.45) is 4.06. The summed E-state index contributed by atoms with van der Waals surface area (Å²) in [6.45, 7) is 1.20. The quantitative estimate of drug-likeness (QED) is 0.766. The van der Waals surface area contributed by atoms with Crippen LogP contribution in [0.15, 0.2) is 0 Å². The number of likely N-dealkylation sites (N-methyl/N-ethyl adjacent to an activating group) is 2. The van der Waals surface area contributed by atoms with Gasteiger partial charge in [-0.2, -0.15) is 0 Å². The van der Waals surface area contributed by atoms with Gasteiger partial charge < -0.3 is 19.8 Å². The van der Waals surface area contributed by atoms with Crippen LogP contribution in [0.4, 0.5) is 4.79 Å². The Bertz CT molecular complexity index is 354. The van der Waals surface area contributed by atoms with Gasteiger partial charge in [0.25, 0.3) is 0 Å². The second-order valence-corrected chi connectivity index (χ2v) is 6.03. The van der Waals surface area contributed by atoms with E-state index in [4.69, 9.17) is 5.11 Å². The van der Waals surface area contributed by atoms with Crippen LogP contribution >= 0.6 is 0 Å². The zero-order valence-electron chi connectivity index (χ0n) is 13.1. The molecular formula is C14H27N3O3. The fourth-order valence-corrected chi connectivity index (χ4v) is 2.70. The molecule has 0 bridgehead atoms. The van der Waals surface area contributed by atoms with Crippen LogP contribution in [0.1, 0.15) is 32.1 Å². The molecular weight excluding hydrogens is 258 g/mol. The monoisotopic (exact) mass is 285 g/mol. The Kier molecular flexibility index (Phi) is 5.80. The van der Waals surface area contributed by atoms with E-state index in [1.165, 1.54) is 6.42 Å². The minimum atomic E-state index is -0.819. The fourth-order valence-electron chi connectivity index (χ4n) is 2.70. The molecule has 0 radical (unpaired) electrons. The van der Waals surface area contributed by atoms with E-state index in [1.54, 1.807) is 16.8 Å². The van der Waals surface area contributed by atoms with E-state index < -0.39 is 5.97 Å². The van der Waals surface area contributed by atoms with Crippen LogP contribution in [-0.2, 0) is 4.79 Å².